The normalized spacial score (nSPS) is 20.7. The number of allylic oxidation sites excluding steroid dienone is 1. The van der Waals surface area contributed by atoms with Gasteiger partial charge in [0.25, 0.3) is 8.32 Å². The molecule has 306 valence electrons. The molecule has 0 spiro atoms. The van der Waals surface area contributed by atoms with E-state index in [4.69, 9.17) is 9.16 Å². The molecule has 12 heteroatoms. The summed E-state index contributed by atoms with van der Waals surface area (Å²) in [6.45, 7) is 7.12. The number of anilines is 1. The highest BCUT2D eigenvalue weighted by molar-refractivity contribution is 6.99. The zero-order valence-corrected chi connectivity index (χ0v) is 34.9. The first-order chi connectivity index (χ1) is 28.9. The lowest BCUT2D eigenvalue weighted by atomic mass is 9.69. The number of nitrogens with zero attached hydrogens (tertiary/aromatic N) is 2. The van der Waals surface area contributed by atoms with E-state index in [0.29, 0.717) is 30.5 Å². The van der Waals surface area contributed by atoms with E-state index < -0.39 is 50.9 Å². The maximum Gasteiger partial charge on any atom is 0.488 e. The van der Waals surface area contributed by atoms with Gasteiger partial charge < -0.3 is 24.3 Å². The fraction of sp³-hybridized carbons (Fsp3) is 0.271. The topological polar surface area (TPSA) is 129 Å². The van der Waals surface area contributed by atoms with Crippen LogP contribution in [0.15, 0.2) is 139 Å². The van der Waals surface area contributed by atoms with Crippen LogP contribution in [0.1, 0.15) is 51.3 Å². The van der Waals surface area contributed by atoms with Gasteiger partial charge in [0.1, 0.15) is 0 Å². The third kappa shape index (κ3) is 7.70. The number of aromatic hydroxyl groups is 1. The number of fused-ring (bicyclic) bond motifs is 3. The van der Waals surface area contributed by atoms with Gasteiger partial charge in [-0.2, -0.15) is 0 Å². The minimum absolute atomic E-state index is 0.178. The summed E-state index contributed by atoms with van der Waals surface area (Å²) in [5.41, 5.74) is 4.53. The summed E-state index contributed by atoms with van der Waals surface area (Å²) in [7, 11) is -4.79. The van der Waals surface area contributed by atoms with E-state index in [1.54, 1.807) is 24.4 Å². The van der Waals surface area contributed by atoms with Gasteiger partial charge in [0.05, 0.1) is 42.5 Å². The quantitative estimate of drug-likeness (QED) is 0.0792. The van der Waals surface area contributed by atoms with Crippen molar-refractivity contribution >= 4 is 60.4 Å². The first-order valence-corrected chi connectivity index (χ1v) is 22.3. The Balaban J connectivity index is 1.20. The molecule has 4 atom stereocenters. The highest BCUT2D eigenvalue weighted by Gasteiger charge is 2.58. The lowest BCUT2D eigenvalue weighted by molar-refractivity contribution is -0.122. The second-order valence-electron chi connectivity index (χ2n) is 16.9. The molecule has 8 rings (SSSR count). The fourth-order valence-corrected chi connectivity index (χ4v) is 14.1. The van der Waals surface area contributed by atoms with Gasteiger partial charge in [-0.15, -0.1) is 0 Å². The molecule has 1 aromatic heterocycles. The van der Waals surface area contributed by atoms with Crippen molar-refractivity contribution in [2.45, 2.75) is 51.2 Å². The molecule has 0 radical (unpaired) electrons. The molecule has 3 N–H and O–H groups in total. The first-order valence-electron chi connectivity index (χ1n) is 20.4. The maximum atomic E-state index is 14.5. The Bertz CT molecular complexity index is 2400. The predicted molar refractivity (Wildman–Crippen MR) is 234 cm³/mol. The molecule has 2 saturated heterocycles. The number of halogens is 1. The largest absolute Gasteiger partial charge is 0.505 e. The van der Waals surface area contributed by atoms with Crippen molar-refractivity contribution in [2.24, 2.45) is 17.8 Å². The number of phenolic OH excluding ortho intramolecular Hbond substituents is 1. The first kappa shape index (κ1) is 41.2. The van der Waals surface area contributed by atoms with Crippen molar-refractivity contribution in [3.63, 3.8) is 0 Å². The molecule has 2 fully saturated rings. The highest BCUT2D eigenvalue weighted by Crippen LogP contribution is 2.51. The van der Waals surface area contributed by atoms with Crippen LogP contribution in [0.4, 0.5) is 10.1 Å². The average molecular weight is 823 g/mol. The Morgan fingerprint density at radius 3 is 2.23 bits per heavy atom. The lowest BCUT2D eigenvalue weighted by Gasteiger charge is -2.44. The van der Waals surface area contributed by atoms with Crippen LogP contribution < -0.4 is 20.7 Å². The number of phenols is 1. The molecule has 9 nitrogen and oxygen atoms in total. The molecule has 3 aliphatic rings. The van der Waals surface area contributed by atoms with Crippen LogP contribution in [-0.2, 0) is 18.8 Å². The number of amides is 2. The minimum Gasteiger partial charge on any atom is -0.505 e. The standard InChI is InChI=1S/C48H48BFN2O7Si/c1-48(2,3)60(36-15-6-4-7-16-36,37-17-8-5-9-18-37)59-29-33-27-38-45(47(55)52(46(38)54)35-14-12-13-34(28-35)49(56)57)39-30-58-43(44(33)39)23-21-32(41-19-10-11-24-51-41)25-31-20-22-42(53)40(50)26-31/h4-20,22,24-26,28,38-39,43,45,53,56-57H,21,23,27,29-30H2,1-3H3/b32-25-/t38-,39+,43-,45-/m1/s1. The van der Waals surface area contributed by atoms with E-state index in [1.165, 1.54) is 29.2 Å². The van der Waals surface area contributed by atoms with E-state index in [2.05, 4.69) is 50.0 Å². The van der Waals surface area contributed by atoms with Gasteiger partial charge in [-0.05, 0) is 105 Å². The predicted octanol–water partition coefficient (Wildman–Crippen LogP) is 6.02. The lowest BCUT2D eigenvalue weighted by Crippen LogP contribution is -2.66. The van der Waals surface area contributed by atoms with Crippen LogP contribution in [0.2, 0.25) is 5.04 Å². The van der Waals surface area contributed by atoms with Gasteiger partial charge in [-0.25, -0.2) is 4.39 Å². The fourth-order valence-electron chi connectivity index (χ4n) is 9.57. The Kier molecular flexibility index (Phi) is 11.6. The number of hydrogen-bond acceptors (Lipinski definition) is 8. The summed E-state index contributed by atoms with van der Waals surface area (Å²) in [6.07, 6.45) is 4.46. The molecule has 3 heterocycles. The maximum absolute atomic E-state index is 14.5. The summed E-state index contributed by atoms with van der Waals surface area (Å²) in [4.78, 5) is 34.8. The van der Waals surface area contributed by atoms with Crippen molar-refractivity contribution in [1.29, 1.82) is 0 Å². The third-order valence-electron chi connectivity index (χ3n) is 12.3. The van der Waals surface area contributed by atoms with Gasteiger partial charge in [0.15, 0.2) is 11.6 Å². The number of benzene rings is 4. The average Bonchev–Trinajstić information content (AvgIpc) is 3.78. The summed E-state index contributed by atoms with van der Waals surface area (Å²) >= 11 is 0. The van der Waals surface area contributed by atoms with Gasteiger partial charge in [0, 0.05) is 12.1 Å². The molecule has 1 aliphatic carbocycles. The Labute approximate surface area is 351 Å². The van der Waals surface area contributed by atoms with Crippen LogP contribution >= 0.6 is 0 Å². The monoisotopic (exact) mass is 822 g/mol. The number of hydrogen-bond donors (Lipinski definition) is 3. The van der Waals surface area contributed by atoms with Crippen LogP contribution in [0.5, 0.6) is 5.75 Å². The van der Waals surface area contributed by atoms with Gasteiger partial charge in [0.2, 0.25) is 11.8 Å². The zero-order chi connectivity index (χ0) is 42.2. The van der Waals surface area contributed by atoms with Gasteiger partial charge in [-0.1, -0.05) is 106 Å². The second-order valence-corrected chi connectivity index (χ2v) is 21.2. The molecular formula is C48H48BFN2O7Si. The van der Waals surface area contributed by atoms with Crippen LogP contribution in [0, 0.1) is 23.6 Å². The van der Waals surface area contributed by atoms with Crippen molar-refractivity contribution in [1.82, 2.24) is 4.98 Å². The second kappa shape index (κ2) is 16.9. The Hall–Kier alpha value is -5.50. The van der Waals surface area contributed by atoms with Crippen molar-refractivity contribution in [2.75, 3.05) is 18.1 Å². The van der Waals surface area contributed by atoms with Crippen molar-refractivity contribution < 1.29 is 38.3 Å². The summed E-state index contributed by atoms with van der Waals surface area (Å²) < 4.78 is 28.7. The van der Waals surface area contributed by atoms with Crippen LogP contribution in [0.3, 0.4) is 0 Å². The SMILES string of the molecule is CC(C)(C)[Si](OCC1=C2[C@@H](CC/C(=C/c3ccc(O)c(F)c3)c3ccccn3)OC[C@@H]2[C@@H]2C(=O)N(c3cccc(B(O)O)c3)C(=O)[C@@H]2C1)(c1ccccc1)c1ccccc1. The van der Waals surface area contributed by atoms with Crippen molar-refractivity contribution in [3.05, 3.63) is 156 Å². The molecule has 5 aromatic rings. The number of carbonyl (C=O) groups excluding carboxylic acids is 2. The van der Waals surface area contributed by atoms with E-state index in [0.717, 1.165) is 32.8 Å². The Morgan fingerprint density at radius 1 is 0.900 bits per heavy atom. The summed E-state index contributed by atoms with van der Waals surface area (Å²) in [5, 5.41) is 31.7. The molecule has 0 unspecified atom stereocenters. The number of aromatic nitrogens is 1. The molecule has 2 aliphatic heterocycles. The van der Waals surface area contributed by atoms with E-state index >= 15 is 0 Å². The van der Waals surface area contributed by atoms with Gasteiger partial charge in [-0.3, -0.25) is 19.5 Å². The molecule has 4 aromatic carbocycles. The van der Waals surface area contributed by atoms with E-state index in [-0.39, 0.29) is 35.5 Å². The molecular weight excluding hydrogens is 774 g/mol. The molecule has 2 amide bonds. The number of pyridine rings is 1. The third-order valence-corrected chi connectivity index (χ3v) is 17.3. The van der Waals surface area contributed by atoms with Gasteiger partial charge >= 0.3 is 7.12 Å². The highest BCUT2D eigenvalue weighted by atomic mass is 28.4. The molecule has 0 saturated carbocycles. The number of rotatable bonds is 12. The number of imide groups is 1. The molecule has 60 heavy (non-hydrogen) atoms. The smallest absolute Gasteiger partial charge is 0.488 e. The minimum atomic E-state index is -3.03. The zero-order valence-electron chi connectivity index (χ0n) is 33.9. The number of carbonyl (C=O) groups is 2. The van der Waals surface area contributed by atoms with E-state index in [1.807, 2.05) is 60.7 Å². The van der Waals surface area contributed by atoms with Crippen LogP contribution in [-0.4, -0.2) is 66.7 Å². The summed E-state index contributed by atoms with van der Waals surface area (Å²) in [5.74, 6) is -3.55. The summed E-state index contributed by atoms with van der Waals surface area (Å²) in [6, 6.07) is 36.9. The Morgan fingerprint density at radius 2 is 1.60 bits per heavy atom. The van der Waals surface area contributed by atoms with Crippen LogP contribution in [0.25, 0.3) is 11.6 Å². The van der Waals surface area contributed by atoms with E-state index in [9.17, 15) is 29.1 Å². The number of ether oxygens (including phenoxy) is 1. The molecule has 0 bridgehead atoms. The van der Waals surface area contributed by atoms with Crippen molar-refractivity contribution in [3.8, 4) is 5.75 Å².